The molecule has 2 saturated carbocycles. The lowest BCUT2D eigenvalue weighted by atomic mass is 9.83. The van der Waals surface area contributed by atoms with Crippen LogP contribution >= 0.6 is 34.5 Å². The van der Waals surface area contributed by atoms with E-state index in [0.29, 0.717) is 63.4 Å². The van der Waals surface area contributed by atoms with Crippen LogP contribution in [0.15, 0.2) is 34.9 Å². The van der Waals surface area contributed by atoms with Gasteiger partial charge in [0.15, 0.2) is 5.82 Å². The maximum atomic E-state index is 14.7. The molecule has 0 spiro atoms. The van der Waals surface area contributed by atoms with E-state index in [9.17, 15) is 19.4 Å². The largest absolute Gasteiger partial charge is 0.478 e. The van der Waals surface area contributed by atoms with Crippen molar-refractivity contribution in [3.05, 3.63) is 68.1 Å². The maximum Gasteiger partial charge on any atom is 0.338 e. The SMILES string of the molecule is O=C(O)c1ccc2nc([C@]3(O)CC[C@@H](OCc4c(-c5c(Cl)cccc5Cl)noc4C4CC4)CC3)sc2c1F. The molecule has 198 valence electrons. The molecule has 0 saturated heterocycles. The normalized spacial score (nSPS) is 21.7. The summed E-state index contributed by atoms with van der Waals surface area (Å²) < 4.78 is 26.8. The van der Waals surface area contributed by atoms with Gasteiger partial charge in [-0.2, -0.15) is 0 Å². The first-order valence-electron chi connectivity index (χ1n) is 12.3. The molecule has 38 heavy (non-hydrogen) atoms. The van der Waals surface area contributed by atoms with E-state index < -0.39 is 23.0 Å². The zero-order valence-corrected chi connectivity index (χ0v) is 22.4. The van der Waals surface area contributed by atoms with Gasteiger partial charge in [-0.1, -0.05) is 34.4 Å². The van der Waals surface area contributed by atoms with Crippen LogP contribution in [0.4, 0.5) is 4.39 Å². The number of ether oxygens (including phenoxy) is 1. The molecule has 2 heterocycles. The van der Waals surface area contributed by atoms with Gasteiger partial charge in [0.2, 0.25) is 0 Å². The molecule has 0 radical (unpaired) electrons. The Hall–Kier alpha value is -2.56. The monoisotopic (exact) mass is 576 g/mol. The van der Waals surface area contributed by atoms with Gasteiger partial charge < -0.3 is 19.5 Å². The summed E-state index contributed by atoms with van der Waals surface area (Å²) in [5.74, 6) is -1.04. The van der Waals surface area contributed by atoms with E-state index in [1.54, 1.807) is 18.2 Å². The second-order valence-electron chi connectivity index (χ2n) is 9.89. The summed E-state index contributed by atoms with van der Waals surface area (Å²) in [7, 11) is 0. The van der Waals surface area contributed by atoms with E-state index in [4.69, 9.17) is 32.5 Å². The Kier molecular flexibility index (Phi) is 6.68. The van der Waals surface area contributed by atoms with Crippen molar-refractivity contribution in [1.29, 1.82) is 0 Å². The zero-order valence-electron chi connectivity index (χ0n) is 20.0. The van der Waals surface area contributed by atoms with Gasteiger partial charge in [0.1, 0.15) is 22.1 Å². The number of fused-ring (bicyclic) bond motifs is 1. The third kappa shape index (κ3) is 4.60. The Morgan fingerprint density at radius 1 is 1.16 bits per heavy atom. The number of hydrogen-bond acceptors (Lipinski definition) is 7. The van der Waals surface area contributed by atoms with Crippen LogP contribution in [0.25, 0.3) is 21.5 Å². The van der Waals surface area contributed by atoms with Crippen molar-refractivity contribution in [2.24, 2.45) is 0 Å². The van der Waals surface area contributed by atoms with Crippen molar-refractivity contribution in [3.63, 3.8) is 0 Å². The lowest BCUT2D eigenvalue weighted by molar-refractivity contribution is -0.0640. The Labute approximate surface area is 231 Å². The van der Waals surface area contributed by atoms with Crippen LogP contribution in [0.1, 0.15) is 71.1 Å². The fourth-order valence-electron chi connectivity index (χ4n) is 5.02. The van der Waals surface area contributed by atoms with Crippen molar-refractivity contribution in [3.8, 4) is 11.3 Å². The van der Waals surface area contributed by atoms with E-state index in [2.05, 4.69) is 10.1 Å². The molecule has 0 bridgehead atoms. The van der Waals surface area contributed by atoms with Gasteiger partial charge in [-0.15, -0.1) is 11.3 Å². The summed E-state index contributed by atoms with van der Waals surface area (Å²) in [6.07, 6.45) is 3.86. The second kappa shape index (κ2) is 9.88. The summed E-state index contributed by atoms with van der Waals surface area (Å²) in [5.41, 5.74) is 0.758. The quantitative estimate of drug-likeness (QED) is 0.237. The van der Waals surface area contributed by atoms with Gasteiger partial charge in [0.25, 0.3) is 0 Å². The Morgan fingerprint density at radius 2 is 1.87 bits per heavy atom. The molecule has 2 N–H and O–H groups in total. The molecule has 2 aromatic carbocycles. The molecule has 0 unspecified atom stereocenters. The van der Waals surface area contributed by atoms with E-state index in [-0.39, 0.29) is 17.4 Å². The fraction of sp³-hybridized carbons (Fsp3) is 0.370. The molecule has 11 heteroatoms. The maximum absolute atomic E-state index is 14.7. The van der Waals surface area contributed by atoms with Crippen molar-refractivity contribution in [2.45, 2.75) is 62.8 Å². The van der Waals surface area contributed by atoms with Gasteiger partial charge in [-0.05, 0) is 62.8 Å². The number of thiazole rings is 1. The van der Waals surface area contributed by atoms with Gasteiger partial charge in [-0.25, -0.2) is 14.2 Å². The molecular formula is C27H23Cl2FN2O5S. The van der Waals surface area contributed by atoms with Crippen LogP contribution in [0.5, 0.6) is 0 Å². The van der Waals surface area contributed by atoms with E-state index in [1.165, 1.54) is 12.1 Å². The average molecular weight is 577 g/mol. The number of aromatic nitrogens is 2. The minimum absolute atomic E-state index is 0.114. The summed E-state index contributed by atoms with van der Waals surface area (Å²) in [6.45, 7) is 0.277. The van der Waals surface area contributed by atoms with Crippen LogP contribution in [-0.4, -0.2) is 32.4 Å². The summed E-state index contributed by atoms with van der Waals surface area (Å²) in [4.78, 5) is 15.7. The number of nitrogens with zero attached hydrogens (tertiary/aromatic N) is 2. The number of halogens is 3. The molecule has 7 nitrogen and oxygen atoms in total. The molecular weight excluding hydrogens is 554 g/mol. The number of rotatable bonds is 7. The standard InChI is InChI=1S/C27H23Cl2FN2O5S/c28-17-2-1-3-18(29)20(17)22-16(23(37-32-22)13-4-5-13)12-36-14-8-10-27(35,11-9-14)26-31-19-7-6-15(25(33)34)21(30)24(19)38-26/h1-3,6-7,13-14,35H,4-5,8-12H2,(H,33,34)/t14-,27+. The highest BCUT2D eigenvalue weighted by Gasteiger charge is 2.39. The predicted octanol–water partition coefficient (Wildman–Crippen LogP) is 7.32. The molecule has 2 aliphatic rings. The molecule has 2 fully saturated rings. The van der Waals surface area contributed by atoms with Crippen molar-refractivity contribution in [2.75, 3.05) is 0 Å². The Morgan fingerprint density at radius 3 is 2.53 bits per heavy atom. The van der Waals surface area contributed by atoms with Crippen LogP contribution in [0, 0.1) is 5.82 Å². The lowest BCUT2D eigenvalue weighted by Crippen LogP contribution is -2.34. The minimum Gasteiger partial charge on any atom is -0.478 e. The summed E-state index contributed by atoms with van der Waals surface area (Å²) in [5, 5.41) is 26.2. The fourth-order valence-corrected chi connectivity index (χ4v) is 6.75. The van der Waals surface area contributed by atoms with Crippen LogP contribution < -0.4 is 0 Å². The third-order valence-corrected chi connectivity index (χ3v) is 9.20. The lowest BCUT2D eigenvalue weighted by Gasteiger charge is -2.34. The van der Waals surface area contributed by atoms with Gasteiger partial charge in [0.05, 0.1) is 38.5 Å². The molecule has 0 atom stereocenters. The smallest absolute Gasteiger partial charge is 0.338 e. The zero-order chi connectivity index (χ0) is 26.6. The van der Waals surface area contributed by atoms with Crippen molar-refractivity contribution < 1.29 is 28.7 Å². The Bertz CT molecular complexity index is 1520. The highest BCUT2D eigenvalue weighted by Crippen LogP contribution is 2.47. The highest BCUT2D eigenvalue weighted by atomic mass is 35.5. The number of carbonyl (C=O) groups is 1. The predicted molar refractivity (Wildman–Crippen MR) is 141 cm³/mol. The van der Waals surface area contributed by atoms with Crippen LogP contribution in [0.3, 0.4) is 0 Å². The number of benzene rings is 2. The number of aromatic carboxylic acids is 1. The number of carboxylic acids is 1. The molecule has 2 aliphatic carbocycles. The number of aliphatic hydroxyl groups is 1. The van der Waals surface area contributed by atoms with E-state index >= 15 is 0 Å². The second-order valence-corrected chi connectivity index (χ2v) is 11.7. The van der Waals surface area contributed by atoms with Gasteiger partial charge >= 0.3 is 5.97 Å². The number of carboxylic acid groups (broad SMARTS) is 1. The Balaban J connectivity index is 1.18. The first-order valence-corrected chi connectivity index (χ1v) is 13.9. The van der Waals surface area contributed by atoms with E-state index in [0.717, 1.165) is 35.5 Å². The third-order valence-electron chi connectivity index (χ3n) is 7.31. The van der Waals surface area contributed by atoms with E-state index in [1.807, 2.05) is 0 Å². The van der Waals surface area contributed by atoms with Gasteiger partial charge in [-0.3, -0.25) is 0 Å². The first kappa shape index (κ1) is 25.7. The molecule has 0 aliphatic heterocycles. The first-order chi connectivity index (χ1) is 18.2. The van der Waals surface area contributed by atoms with Crippen LogP contribution in [-0.2, 0) is 16.9 Å². The highest BCUT2D eigenvalue weighted by molar-refractivity contribution is 7.18. The molecule has 0 amide bonds. The van der Waals surface area contributed by atoms with Crippen molar-refractivity contribution in [1.82, 2.24) is 10.1 Å². The summed E-state index contributed by atoms with van der Waals surface area (Å²) in [6, 6.07) is 7.97. The number of hydrogen-bond donors (Lipinski definition) is 2. The molecule has 4 aromatic rings. The van der Waals surface area contributed by atoms with Crippen LogP contribution in [0.2, 0.25) is 10.0 Å². The molecule has 6 rings (SSSR count). The summed E-state index contributed by atoms with van der Waals surface area (Å²) >= 11 is 13.9. The minimum atomic E-state index is -1.34. The van der Waals surface area contributed by atoms with Crippen molar-refractivity contribution >= 4 is 50.7 Å². The topological polar surface area (TPSA) is 106 Å². The molecule has 2 aromatic heterocycles. The average Bonchev–Trinajstić information content (AvgIpc) is 3.48. The van der Waals surface area contributed by atoms with Gasteiger partial charge in [0, 0.05) is 17.0 Å².